The zero-order chi connectivity index (χ0) is 16.5. The molecule has 1 saturated heterocycles. The van der Waals surface area contributed by atoms with Crippen LogP contribution in [0.3, 0.4) is 0 Å². The summed E-state index contributed by atoms with van der Waals surface area (Å²) in [6.45, 7) is 2.78. The fourth-order valence-electron chi connectivity index (χ4n) is 2.26. The van der Waals surface area contributed by atoms with Gasteiger partial charge in [-0.25, -0.2) is 0 Å². The molecule has 1 aromatic rings. The molecule has 0 saturated carbocycles. The number of hydrogen-bond acceptors (Lipinski definition) is 5. The molecule has 24 heavy (non-hydrogen) atoms. The molecule has 0 aliphatic carbocycles. The largest absolute Gasteiger partial charge is 0.493 e. The molecular weight excluding hydrogens is 425 g/mol. The van der Waals surface area contributed by atoms with Crippen molar-refractivity contribution in [3.8, 4) is 11.5 Å². The third-order valence-corrected chi connectivity index (χ3v) is 3.48. The van der Waals surface area contributed by atoms with Crippen molar-refractivity contribution in [3.63, 3.8) is 0 Å². The zero-order valence-electron chi connectivity index (χ0n) is 14.1. The van der Waals surface area contributed by atoms with Gasteiger partial charge in [-0.05, 0) is 25.0 Å². The lowest BCUT2D eigenvalue weighted by Gasteiger charge is -2.11. The number of nitrogens with two attached hydrogens (primary N) is 1. The van der Waals surface area contributed by atoms with Gasteiger partial charge in [0.05, 0.1) is 26.9 Å². The summed E-state index contributed by atoms with van der Waals surface area (Å²) in [7, 11) is 3.19. The van der Waals surface area contributed by atoms with Crippen LogP contribution in [0.5, 0.6) is 11.5 Å². The van der Waals surface area contributed by atoms with Gasteiger partial charge < -0.3 is 30.0 Å². The van der Waals surface area contributed by atoms with Crippen LogP contribution in [0, 0.1) is 0 Å². The maximum atomic E-state index is 5.88. The number of halogens is 1. The summed E-state index contributed by atoms with van der Waals surface area (Å²) < 4.78 is 21.4. The molecule has 1 fully saturated rings. The molecule has 0 spiro atoms. The van der Waals surface area contributed by atoms with Gasteiger partial charge in [-0.2, -0.15) is 0 Å². The molecule has 0 bridgehead atoms. The Bertz CT molecular complexity index is 522. The Labute approximate surface area is 159 Å². The molecule has 7 nitrogen and oxygen atoms in total. The van der Waals surface area contributed by atoms with E-state index in [4.69, 9.17) is 24.7 Å². The van der Waals surface area contributed by atoms with Crippen LogP contribution in [0.15, 0.2) is 23.2 Å². The minimum atomic E-state index is 0. The minimum absolute atomic E-state index is 0. The van der Waals surface area contributed by atoms with Crippen LogP contribution in [0.4, 0.5) is 5.69 Å². The van der Waals surface area contributed by atoms with Crippen LogP contribution >= 0.6 is 24.0 Å². The molecule has 2 rings (SSSR count). The maximum Gasteiger partial charge on any atom is 0.193 e. The van der Waals surface area contributed by atoms with Crippen LogP contribution in [0.2, 0.25) is 0 Å². The molecule has 1 aromatic carbocycles. The Balaban J connectivity index is 0.00000288. The first kappa shape index (κ1) is 20.8. The monoisotopic (exact) mass is 451 g/mol. The number of guanidine groups is 1. The molecular formula is C16H26IN3O4. The van der Waals surface area contributed by atoms with Gasteiger partial charge in [-0.3, -0.25) is 4.99 Å². The van der Waals surface area contributed by atoms with E-state index in [0.717, 1.165) is 25.1 Å². The number of rotatable bonds is 8. The van der Waals surface area contributed by atoms with Gasteiger partial charge in [-0.1, -0.05) is 0 Å². The van der Waals surface area contributed by atoms with E-state index in [0.29, 0.717) is 37.2 Å². The van der Waals surface area contributed by atoms with Gasteiger partial charge in [0.15, 0.2) is 17.5 Å². The summed E-state index contributed by atoms with van der Waals surface area (Å²) in [4.78, 5) is 4.28. The Hall–Kier alpha value is -1.26. The molecule has 1 aliphatic heterocycles. The van der Waals surface area contributed by atoms with Crippen molar-refractivity contribution >= 4 is 35.6 Å². The van der Waals surface area contributed by atoms with Crippen LogP contribution in [-0.4, -0.2) is 52.6 Å². The maximum absolute atomic E-state index is 5.88. The van der Waals surface area contributed by atoms with E-state index < -0.39 is 0 Å². The average molecular weight is 451 g/mol. The third kappa shape index (κ3) is 6.70. The standard InChI is InChI=1S/C16H25N3O4.HI/c1-20-14-5-4-12(10-15(14)21-2)19-16(17)18-7-3-8-23-13-6-9-22-11-13;/h4-5,10,13H,3,6-9,11H2,1-2H3,(H3,17,18,19);1H. The highest BCUT2D eigenvalue weighted by Crippen LogP contribution is 2.29. The van der Waals surface area contributed by atoms with Crippen molar-refractivity contribution in [1.29, 1.82) is 0 Å². The van der Waals surface area contributed by atoms with E-state index in [1.54, 1.807) is 14.2 Å². The lowest BCUT2D eigenvalue weighted by molar-refractivity contribution is 0.0424. The van der Waals surface area contributed by atoms with Crippen molar-refractivity contribution in [2.24, 2.45) is 10.7 Å². The smallest absolute Gasteiger partial charge is 0.193 e. The van der Waals surface area contributed by atoms with Crippen LogP contribution in [0.25, 0.3) is 0 Å². The van der Waals surface area contributed by atoms with Crippen molar-refractivity contribution in [3.05, 3.63) is 18.2 Å². The second-order valence-electron chi connectivity index (χ2n) is 5.17. The van der Waals surface area contributed by atoms with Gasteiger partial charge in [0.25, 0.3) is 0 Å². The zero-order valence-corrected chi connectivity index (χ0v) is 16.4. The van der Waals surface area contributed by atoms with Crippen molar-refractivity contribution in [1.82, 2.24) is 0 Å². The summed E-state index contributed by atoms with van der Waals surface area (Å²) in [5.41, 5.74) is 6.67. The molecule has 0 aromatic heterocycles. The normalized spacial score (nSPS) is 17.2. The van der Waals surface area contributed by atoms with Crippen molar-refractivity contribution in [2.75, 3.05) is 45.9 Å². The molecule has 1 unspecified atom stereocenters. The summed E-state index contributed by atoms with van der Waals surface area (Å²) in [5, 5.41) is 3.03. The number of ether oxygens (including phenoxy) is 4. The number of aliphatic imine (C=N–C) groups is 1. The number of benzene rings is 1. The topological polar surface area (TPSA) is 87.3 Å². The molecule has 0 amide bonds. The Morgan fingerprint density at radius 1 is 1.33 bits per heavy atom. The molecule has 1 aliphatic rings. The second-order valence-corrected chi connectivity index (χ2v) is 5.17. The van der Waals surface area contributed by atoms with E-state index in [2.05, 4.69) is 10.3 Å². The van der Waals surface area contributed by atoms with Gasteiger partial charge >= 0.3 is 0 Å². The minimum Gasteiger partial charge on any atom is -0.493 e. The summed E-state index contributed by atoms with van der Waals surface area (Å²) in [5.74, 6) is 1.67. The lowest BCUT2D eigenvalue weighted by Crippen LogP contribution is -2.23. The number of hydrogen-bond donors (Lipinski definition) is 2. The van der Waals surface area contributed by atoms with Crippen LogP contribution in [0.1, 0.15) is 12.8 Å². The molecule has 1 heterocycles. The van der Waals surface area contributed by atoms with E-state index in [-0.39, 0.29) is 30.1 Å². The summed E-state index contributed by atoms with van der Waals surface area (Å²) >= 11 is 0. The first-order chi connectivity index (χ1) is 11.2. The number of nitrogens with one attached hydrogen (secondary N) is 1. The highest BCUT2D eigenvalue weighted by molar-refractivity contribution is 14.0. The Kier molecular flexibility index (Phi) is 9.80. The SMILES string of the molecule is COc1ccc(NC(N)=NCCCOC2CCOC2)cc1OC.I. The molecule has 8 heteroatoms. The van der Waals surface area contributed by atoms with Crippen LogP contribution in [-0.2, 0) is 9.47 Å². The van der Waals surface area contributed by atoms with Crippen LogP contribution < -0.4 is 20.5 Å². The number of methoxy groups -OCH3 is 2. The van der Waals surface area contributed by atoms with Gasteiger partial charge in [-0.15, -0.1) is 24.0 Å². The highest BCUT2D eigenvalue weighted by Gasteiger charge is 2.15. The predicted octanol–water partition coefficient (Wildman–Crippen LogP) is 2.24. The predicted molar refractivity (Wildman–Crippen MR) is 105 cm³/mol. The number of anilines is 1. The van der Waals surface area contributed by atoms with Crippen molar-refractivity contribution in [2.45, 2.75) is 18.9 Å². The van der Waals surface area contributed by atoms with E-state index >= 15 is 0 Å². The second kappa shape index (κ2) is 11.3. The van der Waals surface area contributed by atoms with E-state index in [1.807, 2.05) is 18.2 Å². The van der Waals surface area contributed by atoms with Gasteiger partial charge in [0.2, 0.25) is 0 Å². The fourth-order valence-corrected chi connectivity index (χ4v) is 2.26. The quantitative estimate of drug-likeness (QED) is 0.273. The molecule has 3 N–H and O–H groups in total. The first-order valence-electron chi connectivity index (χ1n) is 7.71. The van der Waals surface area contributed by atoms with E-state index in [1.165, 1.54) is 0 Å². The average Bonchev–Trinajstić information content (AvgIpc) is 3.07. The molecule has 136 valence electrons. The third-order valence-electron chi connectivity index (χ3n) is 3.48. The molecule has 1 atom stereocenters. The molecule has 0 radical (unpaired) electrons. The summed E-state index contributed by atoms with van der Waals surface area (Å²) in [6, 6.07) is 5.48. The number of nitrogens with zero attached hydrogens (tertiary/aromatic N) is 1. The Morgan fingerprint density at radius 2 is 2.12 bits per heavy atom. The highest BCUT2D eigenvalue weighted by atomic mass is 127. The van der Waals surface area contributed by atoms with Crippen molar-refractivity contribution < 1.29 is 18.9 Å². The summed E-state index contributed by atoms with van der Waals surface area (Å²) in [6.07, 6.45) is 2.04. The Morgan fingerprint density at radius 3 is 2.79 bits per heavy atom. The first-order valence-corrected chi connectivity index (χ1v) is 7.71. The van der Waals surface area contributed by atoms with Gasteiger partial charge in [0.1, 0.15) is 0 Å². The van der Waals surface area contributed by atoms with Gasteiger partial charge in [0, 0.05) is 31.5 Å². The van der Waals surface area contributed by atoms with E-state index in [9.17, 15) is 0 Å². The fraction of sp³-hybridized carbons (Fsp3) is 0.562. The lowest BCUT2D eigenvalue weighted by atomic mass is 10.3.